The minimum Gasteiger partial charge on any atom is -0.200 e. The first-order valence-electron chi connectivity index (χ1n) is 11.6. The minimum atomic E-state index is -8.23. The molecule has 0 spiro atoms. The Kier molecular flexibility index (Phi) is 14.0. The molecule has 0 nitrogen and oxygen atoms in total. The third-order valence-electron chi connectivity index (χ3n) is 5.84. The van der Waals surface area contributed by atoms with Gasteiger partial charge in [-0.1, -0.05) is 64.2 Å². The highest BCUT2D eigenvalue weighted by atomic mass is 35.8. The van der Waals surface area contributed by atoms with Crippen LogP contribution in [-0.4, -0.2) is 47.7 Å². The van der Waals surface area contributed by atoms with Crippen LogP contribution in [0.5, 0.6) is 0 Å². The molecule has 0 unspecified atom stereocenters. The van der Waals surface area contributed by atoms with Crippen molar-refractivity contribution >= 4 is 39.2 Å². The van der Waals surface area contributed by atoms with Crippen molar-refractivity contribution in [3.05, 3.63) is 0 Å². The predicted molar refractivity (Wildman–Crippen MR) is 119 cm³/mol. The van der Waals surface area contributed by atoms with Crippen LogP contribution in [0.25, 0.3) is 0 Å². The molecule has 0 bridgehead atoms. The topological polar surface area (TPSA) is 0 Å². The maximum Gasteiger partial charge on any atom is 0.460 e. The SMILES string of the molecule is FC(F)(F)C(F)(F)C(F)(F)C(F)(F)C(F)(F)C(F)(F)C(F)(F)CCCCCCCCCCCCC[Si](Cl)(Cl)Cl. The van der Waals surface area contributed by atoms with Gasteiger partial charge in [0.2, 0.25) is 0 Å². The standard InChI is InChI=1S/C20H26Cl3F15Si/c21-39(22,23)13-11-9-7-5-3-1-2-4-6-8-10-12-14(24,25)15(26,27)16(28,29)17(30,31)18(32,33)19(34,35)20(36,37)38/h1-13H2. The van der Waals surface area contributed by atoms with Gasteiger partial charge in [0.1, 0.15) is 0 Å². The van der Waals surface area contributed by atoms with Crippen LogP contribution < -0.4 is 0 Å². The molecule has 0 fully saturated rings. The normalized spacial score (nSPS) is 15.2. The third kappa shape index (κ3) is 9.52. The van der Waals surface area contributed by atoms with Crippen molar-refractivity contribution in [2.24, 2.45) is 0 Å². The lowest BCUT2D eigenvalue weighted by atomic mass is 9.89. The molecule has 0 aromatic heterocycles. The van der Waals surface area contributed by atoms with Gasteiger partial charge in [0.25, 0.3) is 0 Å². The Morgan fingerprint density at radius 1 is 0.359 bits per heavy atom. The van der Waals surface area contributed by atoms with E-state index in [1.165, 1.54) is 0 Å². The largest absolute Gasteiger partial charge is 0.460 e. The predicted octanol–water partition coefficient (Wildman–Crippen LogP) is 11.7. The fourth-order valence-corrected chi connectivity index (χ4v) is 5.27. The van der Waals surface area contributed by atoms with Crippen LogP contribution in [0.15, 0.2) is 0 Å². The van der Waals surface area contributed by atoms with Crippen LogP contribution in [0.1, 0.15) is 77.0 Å². The number of rotatable bonds is 19. The summed E-state index contributed by atoms with van der Waals surface area (Å²) in [7, 11) is 0. The second-order valence-electron chi connectivity index (χ2n) is 9.08. The quantitative estimate of drug-likeness (QED) is 0.0549. The van der Waals surface area contributed by atoms with Crippen molar-refractivity contribution in [2.75, 3.05) is 0 Å². The highest BCUT2D eigenvalue weighted by Crippen LogP contribution is 2.62. The van der Waals surface area contributed by atoms with E-state index < -0.39 is 60.6 Å². The van der Waals surface area contributed by atoms with Crippen molar-refractivity contribution in [3.8, 4) is 0 Å². The number of unbranched alkanes of at least 4 members (excludes halogenated alkanes) is 10. The molecule has 0 saturated carbocycles. The van der Waals surface area contributed by atoms with Gasteiger partial charge in [-0.15, -0.1) is 33.2 Å². The van der Waals surface area contributed by atoms with E-state index in [1.54, 1.807) is 0 Å². The molecule has 0 amide bonds. The number of hydrogen-bond donors (Lipinski definition) is 0. The summed E-state index contributed by atoms with van der Waals surface area (Å²) in [5.74, 6) is -45.9. The number of alkyl halides is 15. The lowest BCUT2D eigenvalue weighted by Gasteiger charge is -2.41. The minimum absolute atomic E-state index is 0.123. The molecule has 0 aliphatic heterocycles. The summed E-state index contributed by atoms with van der Waals surface area (Å²) in [5.41, 5.74) is 0. The number of hydrogen-bond acceptors (Lipinski definition) is 0. The van der Waals surface area contributed by atoms with E-state index in [2.05, 4.69) is 0 Å². The second-order valence-corrected chi connectivity index (χ2v) is 18.4. The fraction of sp³-hybridized carbons (Fsp3) is 1.00. The van der Waals surface area contributed by atoms with Crippen molar-refractivity contribution in [2.45, 2.75) is 125 Å². The van der Waals surface area contributed by atoms with E-state index in [1.807, 2.05) is 0 Å². The van der Waals surface area contributed by atoms with Crippen LogP contribution in [-0.2, 0) is 0 Å². The first-order valence-corrected chi connectivity index (χ1v) is 16.9. The maximum absolute atomic E-state index is 13.8. The molecule has 19 heteroatoms. The molecule has 0 atom stereocenters. The van der Waals surface area contributed by atoms with Gasteiger partial charge in [-0.05, 0) is 12.5 Å². The van der Waals surface area contributed by atoms with E-state index in [4.69, 9.17) is 33.2 Å². The van der Waals surface area contributed by atoms with Crippen molar-refractivity contribution in [3.63, 3.8) is 0 Å². The number of halogens is 18. The zero-order valence-electron chi connectivity index (χ0n) is 20.0. The molecule has 0 rings (SSSR count). The summed E-state index contributed by atoms with van der Waals surface area (Å²) in [5, 5.41) is 0. The Hall–Kier alpha value is 0.0369. The van der Waals surface area contributed by atoms with Crippen LogP contribution >= 0.6 is 33.2 Å². The summed E-state index contributed by atoms with van der Waals surface area (Å²) < 4.78 is 197. The monoisotopic (exact) mass is 684 g/mol. The molecule has 0 heterocycles. The molecule has 0 aromatic carbocycles. The van der Waals surface area contributed by atoms with Crippen LogP contribution in [0, 0.1) is 0 Å². The lowest BCUT2D eigenvalue weighted by Crippen LogP contribution is -2.72. The Balaban J connectivity index is 4.80. The van der Waals surface area contributed by atoms with Crippen LogP contribution in [0.2, 0.25) is 6.04 Å². The third-order valence-corrected chi connectivity index (χ3v) is 8.47. The summed E-state index contributed by atoms with van der Waals surface area (Å²) in [4.78, 5) is 0. The summed E-state index contributed by atoms with van der Waals surface area (Å²) >= 11 is 17.2. The van der Waals surface area contributed by atoms with Crippen molar-refractivity contribution in [1.82, 2.24) is 0 Å². The second kappa shape index (κ2) is 14.0. The molecular weight excluding hydrogens is 660 g/mol. The molecule has 0 saturated heterocycles. The molecule has 0 aliphatic rings. The van der Waals surface area contributed by atoms with Gasteiger partial charge in [-0.3, -0.25) is 0 Å². The van der Waals surface area contributed by atoms with E-state index in [9.17, 15) is 65.9 Å². The molecule has 0 radical (unpaired) electrons. The van der Waals surface area contributed by atoms with Gasteiger partial charge < -0.3 is 0 Å². The molecular formula is C20H26Cl3F15Si. The molecule has 0 aliphatic carbocycles. The maximum atomic E-state index is 13.8. The Bertz CT molecular complexity index is 737. The zero-order valence-corrected chi connectivity index (χ0v) is 23.3. The van der Waals surface area contributed by atoms with E-state index in [-0.39, 0.29) is 12.8 Å². The fourth-order valence-electron chi connectivity index (χ4n) is 3.42. The van der Waals surface area contributed by atoms with Gasteiger partial charge in [0.15, 0.2) is 0 Å². The van der Waals surface area contributed by atoms with E-state index in [0.29, 0.717) is 25.3 Å². The van der Waals surface area contributed by atoms with Crippen LogP contribution in [0.3, 0.4) is 0 Å². The molecule has 236 valence electrons. The van der Waals surface area contributed by atoms with Gasteiger partial charge in [-0.2, -0.15) is 65.9 Å². The van der Waals surface area contributed by atoms with Crippen LogP contribution in [0.4, 0.5) is 65.9 Å². The summed E-state index contributed by atoms with van der Waals surface area (Å²) in [6, 6.07) is -2.12. The average Bonchev–Trinajstić information content (AvgIpc) is 2.74. The van der Waals surface area contributed by atoms with Crippen molar-refractivity contribution < 1.29 is 65.9 Å². The van der Waals surface area contributed by atoms with Gasteiger partial charge >= 0.3 is 47.7 Å². The molecule has 0 N–H and O–H groups in total. The summed E-state index contributed by atoms with van der Waals surface area (Å²) in [6.07, 6.45) is -5.15. The Morgan fingerprint density at radius 3 is 0.974 bits per heavy atom. The zero-order chi connectivity index (χ0) is 31.2. The summed E-state index contributed by atoms with van der Waals surface area (Å²) in [6.45, 7) is 0. The van der Waals surface area contributed by atoms with Gasteiger partial charge in [0, 0.05) is 6.42 Å². The highest BCUT2D eigenvalue weighted by molar-refractivity contribution is 7.64. The van der Waals surface area contributed by atoms with Gasteiger partial charge in [-0.25, -0.2) is 0 Å². The Morgan fingerprint density at radius 2 is 0.641 bits per heavy atom. The van der Waals surface area contributed by atoms with E-state index >= 15 is 0 Å². The molecule has 0 aromatic rings. The smallest absolute Gasteiger partial charge is 0.200 e. The lowest BCUT2D eigenvalue weighted by molar-refractivity contribution is -0.452. The first-order chi connectivity index (χ1) is 17.2. The first kappa shape index (κ1) is 39.0. The molecule has 39 heavy (non-hydrogen) atoms. The highest BCUT2D eigenvalue weighted by Gasteiger charge is 2.93. The Labute approximate surface area is 230 Å². The van der Waals surface area contributed by atoms with E-state index in [0.717, 1.165) is 32.1 Å². The van der Waals surface area contributed by atoms with Crippen molar-refractivity contribution in [1.29, 1.82) is 0 Å². The van der Waals surface area contributed by atoms with Gasteiger partial charge in [0.05, 0.1) is 0 Å². The average molecular weight is 686 g/mol.